The first-order chi connectivity index (χ1) is 15.0. The van der Waals surface area contributed by atoms with Crippen molar-refractivity contribution in [3.05, 3.63) is 59.1 Å². The number of piperidine rings is 1. The van der Waals surface area contributed by atoms with Crippen LogP contribution < -0.4 is 14.8 Å². The first-order valence-corrected chi connectivity index (χ1v) is 10.7. The first kappa shape index (κ1) is 22.7. The lowest BCUT2D eigenvalue weighted by molar-refractivity contribution is -0.130. The molecule has 1 fully saturated rings. The number of nitrogens with zero attached hydrogens (tertiary/aromatic N) is 1. The van der Waals surface area contributed by atoms with Gasteiger partial charge in [0.2, 0.25) is 11.8 Å². The quantitative estimate of drug-likeness (QED) is 0.634. The molecule has 1 aliphatic heterocycles. The average molecular weight is 443 g/mol. The minimum atomic E-state index is -0.230. The zero-order chi connectivity index (χ0) is 22.2. The molecule has 0 aliphatic carbocycles. The van der Waals surface area contributed by atoms with E-state index < -0.39 is 0 Å². The van der Waals surface area contributed by atoms with E-state index in [1.54, 1.807) is 23.1 Å². The Morgan fingerprint density at radius 1 is 1.26 bits per heavy atom. The number of ether oxygens (including phenoxy) is 2. The van der Waals surface area contributed by atoms with Gasteiger partial charge in [-0.2, -0.15) is 0 Å². The van der Waals surface area contributed by atoms with E-state index in [1.165, 1.54) is 13.2 Å². The van der Waals surface area contributed by atoms with Gasteiger partial charge in [0.25, 0.3) is 0 Å². The molecule has 1 N–H and O–H groups in total. The molecule has 0 bridgehead atoms. The van der Waals surface area contributed by atoms with E-state index in [2.05, 4.69) is 5.32 Å². The topological polar surface area (TPSA) is 67.9 Å². The smallest absolute Gasteiger partial charge is 0.246 e. The third-order valence-electron chi connectivity index (χ3n) is 5.10. The molecule has 2 amide bonds. The second kappa shape index (κ2) is 10.9. The largest absolute Gasteiger partial charge is 0.491 e. The van der Waals surface area contributed by atoms with Crippen LogP contribution in [-0.4, -0.2) is 43.5 Å². The Morgan fingerprint density at radius 3 is 2.74 bits per heavy atom. The van der Waals surface area contributed by atoms with Gasteiger partial charge in [0.15, 0.2) is 11.5 Å². The maximum absolute atomic E-state index is 12.7. The SMILES string of the molecule is CCOc1cc(C=CC(=O)N2CCCC(C(=O)Nc3ccccc3)C2)cc(Cl)c1OC. The summed E-state index contributed by atoms with van der Waals surface area (Å²) in [5.41, 5.74) is 1.50. The van der Waals surface area contributed by atoms with Crippen molar-refractivity contribution in [1.29, 1.82) is 0 Å². The number of anilines is 1. The van der Waals surface area contributed by atoms with Gasteiger partial charge in [-0.05, 0) is 55.7 Å². The molecule has 2 aromatic rings. The predicted molar refractivity (Wildman–Crippen MR) is 123 cm³/mol. The summed E-state index contributed by atoms with van der Waals surface area (Å²) in [6.07, 6.45) is 4.75. The van der Waals surface area contributed by atoms with Crippen LogP contribution in [0.1, 0.15) is 25.3 Å². The van der Waals surface area contributed by atoms with Gasteiger partial charge >= 0.3 is 0 Å². The molecule has 0 aromatic heterocycles. The van der Waals surface area contributed by atoms with Crippen molar-refractivity contribution in [2.24, 2.45) is 5.92 Å². The maximum Gasteiger partial charge on any atom is 0.246 e. The second-order valence-corrected chi connectivity index (χ2v) is 7.69. The first-order valence-electron chi connectivity index (χ1n) is 10.3. The van der Waals surface area contributed by atoms with Crippen molar-refractivity contribution >= 4 is 35.2 Å². The fourth-order valence-electron chi connectivity index (χ4n) is 3.58. The van der Waals surface area contributed by atoms with Gasteiger partial charge in [-0.15, -0.1) is 0 Å². The molecular formula is C24H27ClN2O4. The van der Waals surface area contributed by atoms with E-state index >= 15 is 0 Å². The summed E-state index contributed by atoms with van der Waals surface area (Å²) in [6.45, 7) is 3.38. The normalized spacial score (nSPS) is 16.2. The molecular weight excluding hydrogens is 416 g/mol. The number of benzene rings is 2. The van der Waals surface area contributed by atoms with Crippen LogP contribution in [0.3, 0.4) is 0 Å². The van der Waals surface area contributed by atoms with Crippen molar-refractivity contribution in [2.75, 3.05) is 32.1 Å². The number of carbonyl (C=O) groups excluding carboxylic acids is 2. The Morgan fingerprint density at radius 2 is 2.03 bits per heavy atom. The number of methoxy groups -OCH3 is 1. The summed E-state index contributed by atoms with van der Waals surface area (Å²) in [5.74, 6) is 0.569. The van der Waals surface area contributed by atoms with Crippen LogP contribution in [-0.2, 0) is 9.59 Å². The Kier molecular flexibility index (Phi) is 7.95. The highest BCUT2D eigenvalue weighted by Gasteiger charge is 2.27. The zero-order valence-electron chi connectivity index (χ0n) is 17.8. The monoisotopic (exact) mass is 442 g/mol. The van der Waals surface area contributed by atoms with Gasteiger partial charge < -0.3 is 19.7 Å². The molecule has 0 saturated carbocycles. The van der Waals surface area contributed by atoms with E-state index in [4.69, 9.17) is 21.1 Å². The van der Waals surface area contributed by atoms with Crippen molar-refractivity contribution < 1.29 is 19.1 Å². The molecule has 1 aliphatic rings. The molecule has 1 atom stereocenters. The summed E-state index contributed by atoms with van der Waals surface area (Å²) in [7, 11) is 1.53. The minimum Gasteiger partial charge on any atom is -0.491 e. The molecule has 6 nitrogen and oxygen atoms in total. The van der Waals surface area contributed by atoms with Gasteiger partial charge in [-0.3, -0.25) is 9.59 Å². The van der Waals surface area contributed by atoms with Gasteiger partial charge in [-0.25, -0.2) is 0 Å². The van der Waals surface area contributed by atoms with Crippen LogP contribution in [0.4, 0.5) is 5.69 Å². The number of halogens is 1. The molecule has 7 heteroatoms. The lowest BCUT2D eigenvalue weighted by Crippen LogP contribution is -2.43. The number of hydrogen-bond acceptors (Lipinski definition) is 4. The second-order valence-electron chi connectivity index (χ2n) is 7.28. The number of likely N-dealkylation sites (tertiary alicyclic amines) is 1. The lowest BCUT2D eigenvalue weighted by Gasteiger charge is -2.31. The average Bonchev–Trinajstić information content (AvgIpc) is 2.78. The molecule has 0 radical (unpaired) electrons. The van der Waals surface area contributed by atoms with Crippen LogP contribution in [0, 0.1) is 5.92 Å². The standard InChI is InChI=1S/C24H27ClN2O4/c1-3-31-21-15-17(14-20(25)23(21)30-2)11-12-22(28)27-13-7-8-18(16-27)24(29)26-19-9-5-4-6-10-19/h4-6,9-12,14-15,18H,3,7-8,13,16H2,1-2H3,(H,26,29). The molecule has 3 rings (SSSR count). The van der Waals surface area contributed by atoms with Crippen LogP contribution >= 0.6 is 11.6 Å². The van der Waals surface area contributed by atoms with E-state index in [9.17, 15) is 9.59 Å². The summed E-state index contributed by atoms with van der Waals surface area (Å²) in [6, 6.07) is 12.9. The Balaban J connectivity index is 1.64. The summed E-state index contributed by atoms with van der Waals surface area (Å²) >= 11 is 6.28. The molecule has 31 heavy (non-hydrogen) atoms. The number of rotatable bonds is 7. The van der Waals surface area contributed by atoms with Crippen molar-refractivity contribution in [3.63, 3.8) is 0 Å². The third kappa shape index (κ3) is 6.01. The maximum atomic E-state index is 12.7. The van der Waals surface area contributed by atoms with E-state index in [1.807, 2.05) is 37.3 Å². The number of amides is 2. The van der Waals surface area contributed by atoms with Crippen molar-refractivity contribution in [1.82, 2.24) is 4.90 Å². The van der Waals surface area contributed by atoms with E-state index in [0.29, 0.717) is 36.2 Å². The van der Waals surface area contributed by atoms with Crippen LogP contribution in [0.2, 0.25) is 5.02 Å². The Labute approximate surface area is 187 Å². The van der Waals surface area contributed by atoms with Crippen LogP contribution in [0.15, 0.2) is 48.5 Å². The van der Waals surface area contributed by atoms with Gasteiger partial charge in [0, 0.05) is 24.9 Å². The molecule has 1 heterocycles. The van der Waals surface area contributed by atoms with Crippen molar-refractivity contribution in [2.45, 2.75) is 19.8 Å². The molecule has 1 saturated heterocycles. The number of carbonyl (C=O) groups is 2. The fraction of sp³-hybridized carbons (Fsp3) is 0.333. The summed E-state index contributed by atoms with van der Waals surface area (Å²) in [4.78, 5) is 27.1. The van der Waals surface area contributed by atoms with Gasteiger partial charge in [-0.1, -0.05) is 29.8 Å². The van der Waals surface area contributed by atoms with Gasteiger partial charge in [0.1, 0.15) is 0 Å². The summed E-state index contributed by atoms with van der Waals surface area (Å²) in [5, 5.41) is 3.34. The third-order valence-corrected chi connectivity index (χ3v) is 5.38. The van der Waals surface area contributed by atoms with Crippen LogP contribution in [0.5, 0.6) is 11.5 Å². The number of nitrogens with one attached hydrogen (secondary N) is 1. The van der Waals surface area contributed by atoms with Crippen LogP contribution in [0.25, 0.3) is 6.08 Å². The molecule has 2 aromatic carbocycles. The number of para-hydroxylation sites is 1. The fourth-order valence-corrected chi connectivity index (χ4v) is 3.87. The highest BCUT2D eigenvalue weighted by molar-refractivity contribution is 6.32. The predicted octanol–water partition coefficient (Wildman–Crippen LogP) is 4.64. The van der Waals surface area contributed by atoms with Crippen molar-refractivity contribution in [3.8, 4) is 11.5 Å². The minimum absolute atomic E-state index is 0.0593. The Hall–Kier alpha value is -2.99. The number of hydrogen-bond donors (Lipinski definition) is 1. The van der Waals surface area contributed by atoms with E-state index in [-0.39, 0.29) is 17.7 Å². The highest BCUT2D eigenvalue weighted by atomic mass is 35.5. The van der Waals surface area contributed by atoms with Gasteiger partial charge in [0.05, 0.1) is 24.7 Å². The van der Waals surface area contributed by atoms with E-state index in [0.717, 1.165) is 24.1 Å². The molecule has 0 spiro atoms. The highest BCUT2D eigenvalue weighted by Crippen LogP contribution is 2.36. The summed E-state index contributed by atoms with van der Waals surface area (Å²) < 4.78 is 10.9. The zero-order valence-corrected chi connectivity index (χ0v) is 18.5. The molecule has 1 unspecified atom stereocenters. The lowest BCUT2D eigenvalue weighted by atomic mass is 9.97. The Bertz CT molecular complexity index is 946. The molecule has 164 valence electrons.